The molecule has 2 aromatic rings. The maximum atomic E-state index is 11.9. The molecule has 0 spiro atoms. The molecular weight excluding hydrogens is 184 g/mol. The largest absolute Gasteiger partial charge is 0.294 e. The van der Waals surface area contributed by atoms with Crippen molar-refractivity contribution in [1.29, 1.82) is 0 Å². The molecule has 15 heavy (non-hydrogen) atoms. The number of rotatable bonds is 0. The predicted octanol–water partition coefficient (Wildman–Crippen LogP) is 3.53. The second-order valence-corrected chi connectivity index (χ2v) is 4.28. The number of hydrogen-bond acceptors (Lipinski definition) is 1. The van der Waals surface area contributed by atoms with Gasteiger partial charge >= 0.3 is 0 Å². The molecule has 1 aliphatic carbocycles. The highest BCUT2D eigenvalue weighted by Crippen LogP contribution is 2.36. The van der Waals surface area contributed by atoms with Crippen molar-refractivity contribution in [3.8, 4) is 0 Å². The van der Waals surface area contributed by atoms with Crippen molar-refractivity contribution >= 4 is 16.6 Å². The third kappa shape index (κ3) is 1.13. The second-order valence-electron chi connectivity index (χ2n) is 4.28. The molecule has 1 aliphatic rings. The summed E-state index contributed by atoms with van der Waals surface area (Å²) in [6, 6.07) is 12.3. The van der Waals surface area contributed by atoms with E-state index in [1.165, 1.54) is 10.9 Å². The monoisotopic (exact) mass is 196 g/mol. The smallest absolute Gasteiger partial charge is 0.164 e. The van der Waals surface area contributed by atoms with Gasteiger partial charge in [0.2, 0.25) is 0 Å². The van der Waals surface area contributed by atoms with Crippen molar-refractivity contribution in [2.45, 2.75) is 19.3 Å². The Balaban J connectivity index is 2.44. The Morgan fingerprint density at radius 1 is 1.13 bits per heavy atom. The fourth-order valence-corrected chi connectivity index (χ4v) is 2.50. The highest BCUT2D eigenvalue weighted by Gasteiger charge is 2.27. The van der Waals surface area contributed by atoms with E-state index in [1.54, 1.807) is 0 Å². The number of benzene rings is 2. The second kappa shape index (κ2) is 2.93. The van der Waals surface area contributed by atoms with Gasteiger partial charge in [0.15, 0.2) is 5.78 Å². The first kappa shape index (κ1) is 8.66. The van der Waals surface area contributed by atoms with Crippen LogP contribution in [0, 0.1) is 0 Å². The summed E-state index contributed by atoms with van der Waals surface area (Å²) < 4.78 is 0. The summed E-state index contributed by atoms with van der Waals surface area (Å²) in [5.74, 6) is 0.686. The van der Waals surface area contributed by atoms with Crippen molar-refractivity contribution in [1.82, 2.24) is 0 Å². The van der Waals surface area contributed by atoms with Gasteiger partial charge in [0.05, 0.1) is 0 Å². The fraction of sp³-hybridized carbons (Fsp3) is 0.214. The zero-order valence-corrected chi connectivity index (χ0v) is 8.66. The Labute approximate surface area is 88.7 Å². The van der Waals surface area contributed by atoms with Crippen LogP contribution in [0.4, 0.5) is 0 Å². The first-order valence-corrected chi connectivity index (χ1v) is 5.32. The van der Waals surface area contributed by atoms with Gasteiger partial charge < -0.3 is 0 Å². The molecule has 0 saturated carbocycles. The maximum absolute atomic E-state index is 11.9. The van der Waals surface area contributed by atoms with Gasteiger partial charge in [0.1, 0.15) is 0 Å². The van der Waals surface area contributed by atoms with E-state index in [9.17, 15) is 4.79 Å². The third-order valence-electron chi connectivity index (χ3n) is 3.26. The minimum absolute atomic E-state index is 0.300. The minimum atomic E-state index is 0.300. The van der Waals surface area contributed by atoms with E-state index in [0.717, 1.165) is 10.9 Å². The number of ketones is 1. The molecule has 1 nitrogen and oxygen atoms in total. The lowest BCUT2D eigenvalue weighted by atomic mass is 9.98. The third-order valence-corrected chi connectivity index (χ3v) is 3.26. The lowest BCUT2D eigenvalue weighted by Crippen LogP contribution is -1.92. The first-order chi connectivity index (χ1) is 7.27. The lowest BCUT2D eigenvalue weighted by Gasteiger charge is -2.05. The average molecular weight is 196 g/mol. The number of fused-ring (bicyclic) bond motifs is 3. The van der Waals surface area contributed by atoms with Crippen molar-refractivity contribution < 1.29 is 4.79 Å². The molecule has 0 fully saturated rings. The Morgan fingerprint density at radius 2 is 1.93 bits per heavy atom. The molecule has 0 bridgehead atoms. The van der Waals surface area contributed by atoms with E-state index >= 15 is 0 Å². The van der Waals surface area contributed by atoms with E-state index in [2.05, 4.69) is 25.1 Å². The van der Waals surface area contributed by atoms with Crippen molar-refractivity contribution in [3.63, 3.8) is 0 Å². The van der Waals surface area contributed by atoms with E-state index in [4.69, 9.17) is 0 Å². The Kier molecular flexibility index (Phi) is 1.69. The zero-order valence-electron chi connectivity index (χ0n) is 8.66. The lowest BCUT2D eigenvalue weighted by molar-refractivity contribution is 0.0991. The summed E-state index contributed by atoms with van der Waals surface area (Å²) in [6.07, 6.45) is 0.670. The molecule has 0 N–H and O–H groups in total. The van der Waals surface area contributed by atoms with Crippen LogP contribution >= 0.6 is 0 Å². The van der Waals surface area contributed by atoms with Crippen LogP contribution < -0.4 is 0 Å². The summed E-state index contributed by atoms with van der Waals surface area (Å²) in [6.45, 7) is 2.12. The summed E-state index contributed by atoms with van der Waals surface area (Å²) in [4.78, 5) is 11.9. The molecule has 3 rings (SSSR count). The molecule has 0 heterocycles. The Hall–Kier alpha value is -1.63. The van der Waals surface area contributed by atoms with Crippen molar-refractivity contribution in [2.24, 2.45) is 0 Å². The van der Waals surface area contributed by atoms with Crippen LogP contribution in [0.5, 0.6) is 0 Å². The molecule has 0 radical (unpaired) electrons. The van der Waals surface area contributed by atoms with E-state index in [0.29, 0.717) is 18.1 Å². The molecule has 0 aromatic heterocycles. The number of carbonyl (C=O) groups is 1. The van der Waals surface area contributed by atoms with Crippen LogP contribution in [-0.2, 0) is 0 Å². The summed E-state index contributed by atoms with van der Waals surface area (Å²) in [5, 5.41) is 2.28. The molecule has 0 aliphatic heterocycles. The van der Waals surface area contributed by atoms with E-state index in [-0.39, 0.29) is 0 Å². The standard InChI is InChI=1S/C14H12O/c1-9-8-13(15)14-11(9)7-6-10-4-2-3-5-12(10)14/h2-7,9H,8H2,1H3. The Bertz CT molecular complexity index is 554. The summed E-state index contributed by atoms with van der Waals surface area (Å²) in [7, 11) is 0. The normalized spacial score (nSPS) is 19.5. The van der Waals surface area contributed by atoms with Crippen molar-refractivity contribution in [2.75, 3.05) is 0 Å². The summed E-state index contributed by atoms with van der Waals surface area (Å²) >= 11 is 0. The van der Waals surface area contributed by atoms with Crippen LogP contribution in [0.15, 0.2) is 36.4 Å². The van der Waals surface area contributed by atoms with Gasteiger partial charge in [0, 0.05) is 12.0 Å². The zero-order chi connectivity index (χ0) is 10.4. The van der Waals surface area contributed by atoms with E-state index < -0.39 is 0 Å². The number of carbonyl (C=O) groups excluding carboxylic acids is 1. The fourth-order valence-electron chi connectivity index (χ4n) is 2.50. The molecule has 0 saturated heterocycles. The highest BCUT2D eigenvalue weighted by atomic mass is 16.1. The average Bonchev–Trinajstić information content (AvgIpc) is 2.55. The van der Waals surface area contributed by atoms with E-state index in [1.807, 2.05) is 18.2 Å². The number of Topliss-reactive ketones (excluding diaryl/α,β-unsaturated/α-hetero) is 1. The van der Waals surface area contributed by atoms with Crippen LogP contribution in [0.3, 0.4) is 0 Å². The predicted molar refractivity (Wildman–Crippen MR) is 61.3 cm³/mol. The van der Waals surface area contributed by atoms with Crippen LogP contribution in [-0.4, -0.2) is 5.78 Å². The molecule has 1 atom stereocenters. The van der Waals surface area contributed by atoms with Crippen molar-refractivity contribution in [3.05, 3.63) is 47.5 Å². The highest BCUT2D eigenvalue weighted by molar-refractivity contribution is 6.12. The number of hydrogen-bond donors (Lipinski definition) is 0. The molecule has 1 unspecified atom stereocenters. The quantitative estimate of drug-likeness (QED) is 0.630. The Morgan fingerprint density at radius 3 is 2.80 bits per heavy atom. The molecular formula is C14H12O. The van der Waals surface area contributed by atoms with Gasteiger partial charge in [-0.2, -0.15) is 0 Å². The molecule has 0 amide bonds. The van der Waals surface area contributed by atoms with Gasteiger partial charge in [-0.1, -0.05) is 43.3 Å². The maximum Gasteiger partial charge on any atom is 0.164 e. The first-order valence-electron chi connectivity index (χ1n) is 5.32. The minimum Gasteiger partial charge on any atom is -0.294 e. The van der Waals surface area contributed by atoms with Crippen LogP contribution in [0.25, 0.3) is 10.8 Å². The molecule has 2 aromatic carbocycles. The molecule has 74 valence electrons. The SMILES string of the molecule is CC1CC(=O)c2c1ccc1ccccc21. The van der Waals surface area contributed by atoms with Crippen LogP contribution in [0.1, 0.15) is 35.2 Å². The van der Waals surface area contributed by atoms with Gasteiger partial charge in [-0.25, -0.2) is 0 Å². The van der Waals surface area contributed by atoms with Gasteiger partial charge in [-0.05, 0) is 22.3 Å². The summed E-state index contributed by atoms with van der Waals surface area (Å²) in [5.41, 5.74) is 2.18. The van der Waals surface area contributed by atoms with Gasteiger partial charge in [-0.15, -0.1) is 0 Å². The molecule has 1 heteroatoms. The topological polar surface area (TPSA) is 17.1 Å². The van der Waals surface area contributed by atoms with Gasteiger partial charge in [-0.3, -0.25) is 4.79 Å². The van der Waals surface area contributed by atoms with Gasteiger partial charge in [0.25, 0.3) is 0 Å². The van der Waals surface area contributed by atoms with Crippen LogP contribution in [0.2, 0.25) is 0 Å².